The molecule has 0 spiro atoms. The highest BCUT2D eigenvalue weighted by atomic mass is 19.1. The number of carbonyl (C=O) groups excluding carboxylic acids is 1. The number of carbonyl (C=O) groups is 1. The fourth-order valence-electron chi connectivity index (χ4n) is 1.50. The molecule has 0 saturated heterocycles. The third-order valence-corrected chi connectivity index (χ3v) is 2.75. The Morgan fingerprint density at radius 1 is 1.42 bits per heavy atom. The maximum Gasteiger partial charge on any atom is 0.320 e. The van der Waals surface area contributed by atoms with E-state index in [9.17, 15) is 9.18 Å². The van der Waals surface area contributed by atoms with Crippen molar-refractivity contribution in [2.75, 3.05) is 5.32 Å². The molecule has 7 heteroatoms. The lowest BCUT2D eigenvalue weighted by molar-refractivity contribution is 0.251. The van der Waals surface area contributed by atoms with Crippen molar-refractivity contribution in [3.05, 3.63) is 41.6 Å². The van der Waals surface area contributed by atoms with E-state index in [0.29, 0.717) is 12.4 Å². The van der Waals surface area contributed by atoms with Crippen LogP contribution in [0.25, 0.3) is 0 Å². The molecule has 2 heterocycles. The number of halogens is 1. The third kappa shape index (κ3) is 3.27. The zero-order valence-corrected chi connectivity index (χ0v) is 10.6. The standard InChI is InChI=1S/C12H14FN5O/c1-8-9(6-16-18(8)2)5-15-12(19)17-11-4-3-10(13)7-14-11/h3-4,6-7H,5H2,1-2H3,(H2,14,15,17,19). The quantitative estimate of drug-likeness (QED) is 0.883. The molecule has 0 aromatic carbocycles. The van der Waals surface area contributed by atoms with Crippen LogP contribution in [0.2, 0.25) is 0 Å². The monoisotopic (exact) mass is 263 g/mol. The molecule has 2 aromatic rings. The van der Waals surface area contributed by atoms with Gasteiger partial charge in [-0.1, -0.05) is 0 Å². The molecule has 0 saturated carbocycles. The number of hydrogen-bond acceptors (Lipinski definition) is 3. The summed E-state index contributed by atoms with van der Waals surface area (Å²) in [6, 6.07) is 2.22. The van der Waals surface area contributed by atoms with Crippen molar-refractivity contribution >= 4 is 11.8 Å². The molecule has 19 heavy (non-hydrogen) atoms. The van der Waals surface area contributed by atoms with E-state index in [4.69, 9.17) is 0 Å². The lowest BCUT2D eigenvalue weighted by Crippen LogP contribution is -2.28. The van der Waals surface area contributed by atoms with Crippen LogP contribution < -0.4 is 10.6 Å². The molecular formula is C12H14FN5O. The molecule has 0 aliphatic rings. The van der Waals surface area contributed by atoms with E-state index in [-0.39, 0.29) is 0 Å². The summed E-state index contributed by atoms with van der Waals surface area (Å²) < 4.78 is 14.4. The van der Waals surface area contributed by atoms with Gasteiger partial charge in [0.2, 0.25) is 0 Å². The Labute approximate surface area is 109 Å². The minimum Gasteiger partial charge on any atom is -0.334 e. The van der Waals surface area contributed by atoms with Crippen molar-refractivity contribution in [1.82, 2.24) is 20.1 Å². The molecule has 0 aliphatic heterocycles. The summed E-state index contributed by atoms with van der Waals surface area (Å²) in [6.45, 7) is 2.29. The SMILES string of the molecule is Cc1c(CNC(=O)Nc2ccc(F)cn2)cnn1C. The number of amides is 2. The number of anilines is 1. The van der Waals surface area contributed by atoms with Crippen molar-refractivity contribution in [2.45, 2.75) is 13.5 Å². The van der Waals surface area contributed by atoms with Crippen LogP contribution in [-0.4, -0.2) is 20.8 Å². The first-order valence-corrected chi connectivity index (χ1v) is 5.70. The minimum atomic E-state index is -0.447. The summed E-state index contributed by atoms with van der Waals surface area (Å²) in [5.41, 5.74) is 1.92. The molecule has 2 rings (SSSR count). The zero-order chi connectivity index (χ0) is 13.8. The van der Waals surface area contributed by atoms with Crippen molar-refractivity contribution in [1.29, 1.82) is 0 Å². The smallest absolute Gasteiger partial charge is 0.320 e. The van der Waals surface area contributed by atoms with Crippen LogP contribution in [0.1, 0.15) is 11.3 Å². The molecule has 6 nitrogen and oxygen atoms in total. The van der Waals surface area contributed by atoms with Gasteiger partial charge in [0.15, 0.2) is 0 Å². The highest BCUT2D eigenvalue weighted by Crippen LogP contribution is 2.06. The van der Waals surface area contributed by atoms with Crippen LogP contribution in [0, 0.1) is 12.7 Å². The third-order valence-electron chi connectivity index (χ3n) is 2.75. The Morgan fingerprint density at radius 2 is 2.21 bits per heavy atom. The molecule has 0 unspecified atom stereocenters. The van der Waals surface area contributed by atoms with Gasteiger partial charge in [0.05, 0.1) is 12.4 Å². The number of pyridine rings is 1. The second kappa shape index (κ2) is 5.47. The first-order chi connectivity index (χ1) is 9.06. The Balaban J connectivity index is 1.88. The average molecular weight is 263 g/mol. The second-order valence-electron chi connectivity index (χ2n) is 4.05. The Kier molecular flexibility index (Phi) is 3.74. The normalized spacial score (nSPS) is 10.3. The molecule has 2 aromatic heterocycles. The fourth-order valence-corrected chi connectivity index (χ4v) is 1.50. The Bertz CT molecular complexity index is 578. The largest absolute Gasteiger partial charge is 0.334 e. The summed E-state index contributed by atoms with van der Waals surface area (Å²) in [7, 11) is 1.83. The lowest BCUT2D eigenvalue weighted by atomic mass is 10.2. The summed E-state index contributed by atoms with van der Waals surface area (Å²) in [6.07, 6.45) is 2.74. The maximum absolute atomic E-state index is 12.6. The van der Waals surface area contributed by atoms with E-state index in [1.165, 1.54) is 12.1 Å². The van der Waals surface area contributed by atoms with E-state index >= 15 is 0 Å². The molecule has 2 N–H and O–H groups in total. The summed E-state index contributed by atoms with van der Waals surface area (Å²) in [4.78, 5) is 15.3. The zero-order valence-electron chi connectivity index (χ0n) is 10.6. The molecule has 0 fully saturated rings. The predicted molar refractivity (Wildman–Crippen MR) is 68.0 cm³/mol. The number of nitrogens with one attached hydrogen (secondary N) is 2. The Morgan fingerprint density at radius 3 is 2.79 bits per heavy atom. The van der Waals surface area contributed by atoms with E-state index in [1.54, 1.807) is 10.9 Å². The molecule has 100 valence electrons. The van der Waals surface area contributed by atoms with E-state index in [0.717, 1.165) is 17.5 Å². The summed E-state index contributed by atoms with van der Waals surface area (Å²) in [5, 5.41) is 9.27. The molecule has 0 radical (unpaired) electrons. The van der Waals surface area contributed by atoms with Crippen LogP contribution in [0.15, 0.2) is 24.5 Å². The molecule has 2 amide bonds. The van der Waals surface area contributed by atoms with Crippen LogP contribution in [-0.2, 0) is 13.6 Å². The molecule has 0 bridgehead atoms. The topological polar surface area (TPSA) is 71.8 Å². The number of aromatic nitrogens is 3. The fraction of sp³-hybridized carbons (Fsp3) is 0.250. The van der Waals surface area contributed by atoms with Crippen LogP contribution in [0.5, 0.6) is 0 Å². The summed E-state index contributed by atoms with van der Waals surface area (Å²) >= 11 is 0. The van der Waals surface area contributed by atoms with Crippen molar-refractivity contribution < 1.29 is 9.18 Å². The van der Waals surface area contributed by atoms with Gasteiger partial charge in [0.25, 0.3) is 0 Å². The van der Waals surface area contributed by atoms with Crippen molar-refractivity contribution in [2.24, 2.45) is 7.05 Å². The van der Waals surface area contributed by atoms with Gasteiger partial charge in [-0.2, -0.15) is 5.10 Å². The van der Waals surface area contributed by atoms with E-state index < -0.39 is 11.8 Å². The first kappa shape index (κ1) is 13.0. The van der Waals surface area contributed by atoms with Crippen LogP contribution in [0.4, 0.5) is 15.0 Å². The van der Waals surface area contributed by atoms with Crippen molar-refractivity contribution in [3.8, 4) is 0 Å². The highest BCUT2D eigenvalue weighted by Gasteiger charge is 2.06. The lowest BCUT2D eigenvalue weighted by Gasteiger charge is -2.06. The van der Waals surface area contributed by atoms with Crippen LogP contribution in [0.3, 0.4) is 0 Å². The van der Waals surface area contributed by atoms with Gasteiger partial charge >= 0.3 is 6.03 Å². The number of urea groups is 1. The number of hydrogen-bond donors (Lipinski definition) is 2. The number of aryl methyl sites for hydroxylation is 1. The van der Waals surface area contributed by atoms with Crippen LogP contribution >= 0.6 is 0 Å². The van der Waals surface area contributed by atoms with E-state index in [2.05, 4.69) is 20.7 Å². The van der Waals surface area contributed by atoms with Crippen molar-refractivity contribution in [3.63, 3.8) is 0 Å². The van der Waals surface area contributed by atoms with Gasteiger partial charge in [-0.3, -0.25) is 10.00 Å². The number of nitrogens with zero attached hydrogens (tertiary/aromatic N) is 3. The second-order valence-corrected chi connectivity index (χ2v) is 4.05. The first-order valence-electron chi connectivity index (χ1n) is 5.70. The van der Waals surface area contributed by atoms with Gasteiger partial charge in [0, 0.05) is 24.8 Å². The molecule has 0 atom stereocenters. The van der Waals surface area contributed by atoms with E-state index in [1.807, 2.05) is 14.0 Å². The van der Waals surface area contributed by atoms with Gasteiger partial charge < -0.3 is 5.32 Å². The van der Waals surface area contributed by atoms with Gasteiger partial charge in [0.1, 0.15) is 11.6 Å². The average Bonchev–Trinajstić information content (AvgIpc) is 2.70. The maximum atomic E-state index is 12.6. The summed E-state index contributed by atoms with van der Waals surface area (Å²) in [5.74, 6) is -0.154. The van der Waals surface area contributed by atoms with Gasteiger partial charge in [-0.25, -0.2) is 14.2 Å². The molecular weight excluding hydrogens is 249 g/mol. The minimum absolute atomic E-state index is 0.293. The van der Waals surface area contributed by atoms with Gasteiger partial charge in [-0.05, 0) is 19.1 Å². The number of rotatable bonds is 3. The van der Waals surface area contributed by atoms with Gasteiger partial charge in [-0.15, -0.1) is 0 Å². The Hall–Kier alpha value is -2.44. The molecule has 0 aliphatic carbocycles. The predicted octanol–water partition coefficient (Wildman–Crippen LogP) is 1.58. The highest BCUT2D eigenvalue weighted by molar-refractivity contribution is 5.88.